The van der Waals surface area contributed by atoms with Gasteiger partial charge < -0.3 is 10.8 Å². The highest BCUT2D eigenvalue weighted by atomic mass is 19.1. The first-order chi connectivity index (χ1) is 7.37. The second kappa shape index (κ2) is 4.52. The molecule has 0 aliphatic rings. The maximum Gasteiger partial charge on any atom is 0.123 e. The lowest BCUT2D eigenvalue weighted by atomic mass is 9.69. The molecular formula is C13H20FNO. The summed E-state index contributed by atoms with van der Waals surface area (Å²) < 4.78 is 13.2. The van der Waals surface area contributed by atoms with Crippen LogP contribution < -0.4 is 5.73 Å². The molecule has 0 amide bonds. The van der Waals surface area contributed by atoms with Crippen LogP contribution in [0.25, 0.3) is 0 Å². The van der Waals surface area contributed by atoms with Gasteiger partial charge in [0.2, 0.25) is 0 Å². The molecule has 0 radical (unpaired) electrons. The van der Waals surface area contributed by atoms with Crippen molar-refractivity contribution in [1.82, 2.24) is 0 Å². The van der Waals surface area contributed by atoms with E-state index in [0.29, 0.717) is 12.1 Å². The van der Waals surface area contributed by atoms with Gasteiger partial charge in [0.05, 0.1) is 5.60 Å². The zero-order valence-corrected chi connectivity index (χ0v) is 10.1. The van der Waals surface area contributed by atoms with E-state index in [-0.39, 0.29) is 5.82 Å². The predicted octanol–water partition coefficient (Wildman–Crippen LogP) is 2.41. The van der Waals surface area contributed by atoms with Crippen molar-refractivity contribution in [1.29, 1.82) is 0 Å². The SMILES string of the molecule is CCC(C)(CN)C(C)(O)c1cccc(F)c1. The fourth-order valence-corrected chi connectivity index (χ4v) is 1.83. The second-order valence-corrected chi connectivity index (χ2v) is 4.70. The van der Waals surface area contributed by atoms with E-state index in [0.717, 1.165) is 6.42 Å². The lowest BCUT2D eigenvalue weighted by Crippen LogP contribution is -2.46. The molecule has 0 spiro atoms. The Kier molecular flexibility index (Phi) is 3.71. The molecule has 1 aromatic rings. The fourth-order valence-electron chi connectivity index (χ4n) is 1.83. The topological polar surface area (TPSA) is 46.2 Å². The van der Waals surface area contributed by atoms with Gasteiger partial charge in [-0.3, -0.25) is 0 Å². The molecule has 0 fully saturated rings. The third kappa shape index (κ3) is 2.11. The minimum Gasteiger partial charge on any atom is -0.385 e. The zero-order chi connectivity index (χ0) is 12.4. The zero-order valence-electron chi connectivity index (χ0n) is 10.1. The highest BCUT2D eigenvalue weighted by molar-refractivity contribution is 5.25. The number of aliphatic hydroxyl groups is 1. The van der Waals surface area contributed by atoms with Gasteiger partial charge in [0.15, 0.2) is 0 Å². The molecule has 0 saturated heterocycles. The molecule has 2 atom stereocenters. The van der Waals surface area contributed by atoms with Gasteiger partial charge in [-0.1, -0.05) is 26.0 Å². The predicted molar refractivity (Wildman–Crippen MR) is 63.4 cm³/mol. The van der Waals surface area contributed by atoms with Gasteiger partial charge >= 0.3 is 0 Å². The minimum absolute atomic E-state index is 0.340. The highest BCUT2D eigenvalue weighted by Gasteiger charge is 2.42. The highest BCUT2D eigenvalue weighted by Crippen LogP contribution is 2.41. The Bertz CT molecular complexity index is 359. The first-order valence-electron chi connectivity index (χ1n) is 5.56. The molecule has 0 saturated carbocycles. The van der Waals surface area contributed by atoms with Crippen LogP contribution in [0.15, 0.2) is 24.3 Å². The van der Waals surface area contributed by atoms with E-state index in [9.17, 15) is 9.50 Å². The molecule has 0 aromatic heterocycles. The van der Waals surface area contributed by atoms with E-state index in [2.05, 4.69) is 0 Å². The number of hydrogen-bond acceptors (Lipinski definition) is 2. The Hall–Kier alpha value is -0.930. The molecule has 16 heavy (non-hydrogen) atoms. The molecule has 3 N–H and O–H groups in total. The summed E-state index contributed by atoms with van der Waals surface area (Å²) in [6, 6.07) is 6.06. The maximum absolute atomic E-state index is 13.2. The van der Waals surface area contributed by atoms with Crippen LogP contribution in [0.1, 0.15) is 32.8 Å². The van der Waals surface area contributed by atoms with Crippen LogP contribution in [0.2, 0.25) is 0 Å². The third-order valence-corrected chi connectivity index (χ3v) is 3.79. The van der Waals surface area contributed by atoms with Gasteiger partial charge in [0.25, 0.3) is 0 Å². The Morgan fingerprint density at radius 3 is 2.44 bits per heavy atom. The van der Waals surface area contributed by atoms with Crippen molar-refractivity contribution in [3.63, 3.8) is 0 Å². The van der Waals surface area contributed by atoms with Gasteiger partial charge in [0.1, 0.15) is 5.82 Å². The fraction of sp³-hybridized carbons (Fsp3) is 0.538. The summed E-state index contributed by atoms with van der Waals surface area (Å²) in [6.07, 6.45) is 0.729. The molecule has 0 aliphatic heterocycles. The summed E-state index contributed by atoms with van der Waals surface area (Å²) in [4.78, 5) is 0. The molecule has 2 unspecified atom stereocenters. The molecule has 3 heteroatoms. The van der Waals surface area contributed by atoms with Crippen molar-refractivity contribution in [2.75, 3.05) is 6.54 Å². The maximum atomic E-state index is 13.2. The van der Waals surface area contributed by atoms with Gasteiger partial charge in [-0.25, -0.2) is 4.39 Å². The average molecular weight is 225 g/mol. The molecular weight excluding hydrogens is 205 g/mol. The van der Waals surface area contributed by atoms with Crippen molar-refractivity contribution in [2.24, 2.45) is 11.1 Å². The molecule has 0 aliphatic carbocycles. The number of benzene rings is 1. The van der Waals surface area contributed by atoms with Crippen LogP contribution in [0.4, 0.5) is 4.39 Å². The lowest BCUT2D eigenvalue weighted by Gasteiger charge is -2.42. The van der Waals surface area contributed by atoms with Crippen molar-refractivity contribution in [2.45, 2.75) is 32.8 Å². The number of rotatable bonds is 4. The summed E-state index contributed by atoms with van der Waals surface area (Å²) in [7, 11) is 0. The summed E-state index contributed by atoms with van der Waals surface area (Å²) in [5.74, 6) is -0.340. The van der Waals surface area contributed by atoms with E-state index in [4.69, 9.17) is 5.73 Å². The van der Waals surface area contributed by atoms with Crippen LogP contribution in [0.5, 0.6) is 0 Å². The molecule has 0 heterocycles. The normalized spacial score (nSPS) is 18.9. The molecule has 1 rings (SSSR count). The standard InChI is InChI=1S/C13H20FNO/c1-4-12(2,9-15)13(3,16)10-6-5-7-11(14)8-10/h5-8,16H,4,9,15H2,1-3H3. The number of halogens is 1. The Labute approximate surface area is 96.3 Å². The molecule has 1 aromatic carbocycles. The van der Waals surface area contributed by atoms with Crippen molar-refractivity contribution >= 4 is 0 Å². The van der Waals surface area contributed by atoms with Crippen molar-refractivity contribution in [3.05, 3.63) is 35.6 Å². The van der Waals surface area contributed by atoms with Crippen LogP contribution in [-0.2, 0) is 5.60 Å². The molecule has 2 nitrogen and oxygen atoms in total. The van der Waals surface area contributed by atoms with Crippen LogP contribution >= 0.6 is 0 Å². The van der Waals surface area contributed by atoms with Crippen LogP contribution in [0.3, 0.4) is 0 Å². The van der Waals surface area contributed by atoms with E-state index in [1.54, 1.807) is 19.1 Å². The Balaban J connectivity index is 3.19. The number of hydrogen-bond donors (Lipinski definition) is 2. The van der Waals surface area contributed by atoms with E-state index in [1.165, 1.54) is 12.1 Å². The minimum atomic E-state index is -1.13. The summed E-state index contributed by atoms with van der Waals surface area (Å²) in [6.45, 7) is 5.93. The summed E-state index contributed by atoms with van der Waals surface area (Å²) >= 11 is 0. The quantitative estimate of drug-likeness (QED) is 0.826. The van der Waals surface area contributed by atoms with Gasteiger partial charge in [0, 0.05) is 12.0 Å². The van der Waals surface area contributed by atoms with Gasteiger partial charge in [-0.2, -0.15) is 0 Å². The van der Waals surface area contributed by atoms with E-state index < -0.39 is 11.0 Å². The van der Waals surface area contributed by atoms with Crippen molar-refractivity contribution < 1.29 is 9.50 Å². The Morgan fingerprint density at radius 1 is 1.38 bits per heavy atom. The third-order valence-electron chi connectivity index (χ3n) is 3.79. The largest absolute Gasteiger partial charge is 0.385 e. The van der Waals surface area contributed by atoms with Gasteiger partial charge in [-0.05, 0) is 31.0 Å². The smallest absolute Gasteiger partial charge is 0.123 e. The van der Waals surface area contributed by atoms with Crippen LogP contribution in [-0.4, -0.2) is 11.7 Å². The summed E-state index contributed by atoms with van der Waals surface area (Å²) in [5, 5.41) is 10.6. The molecule has 90 valence electrons. The average Bonchev–Trinajstić information content (AvgIpc) is 2.27. The van der Waals surface area contributed by atoms with E-state index >= 15 is 0 Å². The first kappa shape index (κ1) is 13.1. The second-order valence-electron chi connectivity index (χ2n) is 4.70. The summed E-state index contributed by atoms with van der Waals surface area (Å²) in [5.41, 5.74) is 4.71. The van der Waals surface area contributed by atoms with E-state index in [1.807, 2.05) is 13.8 Å². The van der Waals surface area contributed by atoms with Crippen molar-refractivity contribution in [3.8, 4) is 0 Å². The van der Waals surface area contributed by atoms with Gasteiger partial charge in [-0.15, -0.1) is 0 Å². The lowest BCUT2D eigenvalue weighted by molar-refractivity contribution is -0.0648. The first-order valence-corrected chi connectivity index (χ1v) is 5.56. The van der Waals surface area contributed by atoms with Crippen LogP contribution in [0, 0.1) is 11.2 Å². The molecule has 0 bridgehead atoms. The number of nitrogens with two attached hydrogens (primary N) is 1. The monoisotopic (exact) mass is 225 g/mol. The Morgan fingerprint density at radius 2 is 2.00 bits per heavy atom.